The minimum absolute atomic E-state index is 0.208. The monoisotopic (exact) mass is 334 g/mol. The smallest absolute Gasteiger partial charge is 0.230 e. The second-order valence-electron chi connectivity index (χ2n) is 7.23. The Balaban J connectivity index is 1.78. The highest BCUT2D eigenvalue weighted by atomic mass is 35.5. The highest BCUT2D eigenvalue weighted by Crippen LogP contribution is 2.40. The third kappa shape index (κ3) is 3.72. The fourth-order valence-electron chi connectivity index (χ4n) is 4.16. The van der Waals surface area contributed by atoms with Crippen molar-refractivity contribution in [3.63, 3.8) is 0 Å². The Morgan fingerprint density at radius 3 is 2.26 bits per heavy atom. The topological polar surface area (TPSA) is 55.1 Å². The number of halogens is 1. The SMILES string of the molecule is NC1CCC(NC(=O)C2(c3ccc(Cl)cc3)CCCCC2)CC1. The van der Waals surface area contributed by atoms with Crippen molar-refractivity contribution in [3.8, 4) is 0 Å². The standard InChI is InChI=1S/C19H27ClN2O/c20-15-6-4-14(5-7-15)19(12-2-1-3-13-19)18(23)22-17-10-8-16(21)9-11-17/h4-7,16-17H,1-3,8-13,21H2,(H,22,23). The molecule has 3 nitrogen and oxygen atoms in total. The van der Waals surface area contributed by atoms with E-state index in [0.29, 0.717) is 6.04 Å². The predicted molar refractivity (Wildman–Crippen MR) is 94.6 cm³/mol. The van der Waals surface area contributed by atoms with Crippen LogP contribution in [0.3, 0.4) is 0 Å². The van der Waals surface area contributed by atoms with Gasteiger partial charge in [0.2, 0.25) is 5.91 Å². The lowest BCUT2D eigenvalue weighted by Gasteiger charge is -2.38. The van der Waals surface area contributed by atoms with Crippen LogP contribution in [0.1, 0.15) is 63.4 Å². The highest BCUT2D eigenvalue weighted by molar-refractivity contribution is 6.30. The first-order chi connectivity index (χ1) is 11.1. The molecule has 126 valence electrons. The van der Waals surface area contributed by atoms with Gasteiger partial charge in [-0.15, -0.1) is 0 Å². The molecule has 2 aliphatic rings. The molecule has 0 atom stereocenters. The molecular formula is C19H27ClN2O. The summed E-state index contributed by atoms with van der Waals surface area (Å²) in [7, 11) is 0. The van der Waals surface area contributed by atoms with Crippen molar-refractivity contribution in [2.24, 2.45) is 5.73 Å². The van der Waals surface area contributed by atoms with Crippen LogP contribution in [-0.4, -0.2) is 18.0 Å². The van der Waals surface area contributed by atoms with E-state index >= 15 is 0 Å². The predicted octanol–water partition coefficient (Wildman–Crippen LogP) is 3.93. The first-order valence-corrected chi connectivity index (χ1v) is 9.30. The van der Waals surface area contributed by atoms with Crippen LogP contribution in [0.5, 0.6) is 0 Å². The second-order valence-corrected chi connectivity index (χ2v) is 7.67. The summed E-state index contributed by atoms with van der Waals surface area (Å²) < 4.78 is 0. The zero-order valence-electron chi connectivity index (χ0n) is 13.7. The van der Waals surface area contributed by atoms with Gasteiger partial charge in [-0.05, 0) is 56.2 Å². The molecule has 3 N–H and O–H groups in total. The lowest BCUT2D eigenvalue weighted by molar-refractivity contribution is -0.129. The van der Waals surface area contributed by atoms with Crippen molar-refractivity contribution in [3.05, 3.63) is 34.9 Å². The maximum Gasteiger partial charge on any atom is 0.230 e. The van der Waals surface area contributed by atoms with Gasteiger partial charge in [0, 0.05) is 17.1 Å². The molecule has 0 unspecified atom stereocenters. The number of hydrogen-bond donors (Lipinski definition) is 2. The van der Waals surface area contributed by atoms with Crippen molar-refractivity contribution in [2.45, 2.75) is 75.3 Å². The van der Waals surface area contributed by atoms with Crippen molar-refractivity contribution in [1.29, 1.82) is 0 Å². The number of nitrogens with two attached hydrogens (primary N) is 1. The average Bonchev–Trinajstić information content (AvgIpc) is 2.58. The molecule has 0 radical (unpaired) electrons. The van der Waals surface area contributed by atoms with Gasteiger partial charge in [0.05, 0.1) is 5.41 Å². The zero-order chi connectivity index (χ0) is 16.3. The number of benzene rings is 1. The Labute approximate surface area is 144 Å². The van der Waals surface area contributed by atoms with E-state index in [2.05, 4.69) is 5.32 Å². The Bertz CT molecular complexity index is 529. The summed E-state index contributed by atoms with van der Waals surface area (Å²) >= 11 is 6.03. The van der Waals surface area contributed by atoms with Gasteiger partial charge in [0.1, 0.15) is 0 Å². The van der Waals surface area contributed by atoms with Crippen LogP contribution in [0.2, 0.25) is 5.02 Å². The first-order valence-electron chi connectivity index (χ1n) is 8.93. The van der Waals surface area contributed by atoms with Crippen LogP contribution < -0.4 is 11.1 Å². The lowest BCUT2D eigenvalue weighted by atomic mass is 9.68. The number of rotatable bonds is 3. The van der Waals surface area contributed by atoms with Crippen LogP contribution in [0, 0.1) is 0 Å². The molecule has 0 aromatic heterocycles. The summed E-state index contributed by atoms with van der Waals surface area (Å²) in [6, 6.07) is 8.46. The van der Waals surface area contributed by atoms with Gasteiger partial charge in [0.15, 0.2) is 0 Å². The molecule has 2 fully saturated rings. The van der Waals surface area contributed by atoms with Crippen molar-refractivity contribution < 1.29 is 4.79 Å². The highest BCUT2D eigenvalue weighted by Gasteiger charge is 2.41. The molecule has 0 heterocycles. The molecular weight excluding hydrogens is 308 g/mol. The second kappa shape index (κ2) is 7.23. The third-order valence-corrected chi connectivity index (χ3v) is 5.90. The molecule has 2 saturated carbocycles. The molecule has 1 aromatic carbocycles. The molecule has 4 heteroatoms. The lowest BCUT2D eigenvalue weighted by Crippen LogP contribution is -2.50. The summed E-state index contributed by atoms with van der Waals surface area (Å²) in [5, 5.41) is 4.06. The Hall–Kier alpha value is -1.06. The van der Waals surface area contributed by atoms with Gasteiger partial charge in [0.25, 0.3) is 0 Å². The van der Waals surface area contributed by atoms with E-state index in [1.807, 2.05) is 24.3 Å². The Morgan fingerprint density at radius 1 is 1.04 bits per heavy atom. The van der Waals surface area contributed by atoms with Crippen molar-refractivity contribution in [2.75, 3.05) is 0 Å². The summed E-state index contributed by atoms with van der Waals surface area (Å²) in [4.78, 5) is 13.2. The first kappa shape index (κ1) is 16.8. The minimum Gasteiger partial charge on any atom is -0.353 e. The van der Waals surface area contributed by atoms with Gasteiger partial charge in [-0.1, -0.05) is 43.0 Å². The van der Waals surface area contributed by atoms with E-state index in [1.54, 1.807) is 0 Å². The molecule has 23 heavy (non-hydrogen) atoms. The molecule has 1 amide bonds. The van der Waals surface area contributed by atoms with Crippen molar-refractivity contribution in [1.82, 2.24) is 5.32 Å². The van der Waals surface area contributed by atoms with Crippen LogP contribution in [0.25, 0.3) is 0 Å². The van der Waals surface area contributed by atoms with E-state index in [0.717, 1.165) is 62.0 Å². The molecule has 2 aliphatic carbocycles. The van der Waals surface area contributed by atoms with Crippen LogP contribution in [-0.2, 0) is 10.2 Å². The molecule has 1 aromatic rings. The maximum atomic E-state index is 13.2. The van der Waals surface area contributed by atoms with E-state index in [-0.39, 0.29) is 17.4 Å². The largest absolute Gasteiger partial charge is 0.353 e. The van der Waals surface area contributed by atoms with E-state index in [9.17, 15) is 4.79 Å². The van der Waals surface area contributed by atoms with Gasteiger partial charge in [-0.2, -0.15) is 0 Å². The number of carbonyl (C=O) groups excluding carboxylic acids is 1. The number of carbonyl (C=O) groups is 1. The van der Waals surface area contributed by atoms with Gasteiger partial charge in [-0.3, -0.25) is 4.79 Å². The van der Waals surface area contributed by atoms with Gasteiger partial charge < -0.3 is 11.1 Å². The fourth-order valence-corrected chi connectivity index (χ4v) is 4.28. The van der Waals surface area contributed by atoms with Gasteiger partial charge in [-0.25, -0.2) is 0 Å². The van der Waals surface area contributed by atoms with Crippen molar-refractivity contribution >= 4 is 17.5 Å². The fraction of sp³-hybridized carbons (Fsp3) is 0.632. The molecule has 0 bridgehead atoms. The number of nitrogens with one attached hydrogen (secondary N) is 1. The van der Waals surface area contributed by atoms with E-state index in [1.165, 1.54) is 6.42 Å². The number of hydrogen-bond acceptors (Lipinski definition) is 2. The Morgan fingerprint density at radius 2 is 1.65 bits per heavy atom. The number of amides is 1. The summed E-state index contributed by atoms with van der Waals surface area (Å²) in [5.74, 6) is 0.208. The van der Waals surface area contributed by atoms with Gasteiger partial charge >= 0.3 is 0 Å². The van der Waals surface area contributed by atoms with E-state index in [4.69, 9.17) is 17.3 Å². The van der Waals surface area contributed by atoms with E-state index < -0.39 is 0 Å². The van der Waals surface area contributed by atoms with Crippen LogP contribution in [0.15, 0.2) is 24.3 Å². The molecule has 3 rings (SSSR count). The maximum absolute atomic E-state index is 13.2. The molecule has 0 spiro atoms. The average molecular weight is 335 g/mol. The zero-order valence-corrected chi connectivity index (χ0v) is 14.4. The minimum atomic E-state index is -0.373. The summed E-state index contributed by atoms with van der Waals surface area (Å²) in [5.41, 5.74) is 6.72. The summed E-state index contributed by atoms with van der Waals surface area (Å²) in [6.45, 7) is 0. The Kier molecular flexibility index (Phi) is 5.27. The third-order valence-electron chi connectivity index (χ3n) is 5.65. The quantitative estimate of drug-likeness (QED) is 0.880. The van der Waals surface area contributed by atoms with Crippen LogP contribution >= 0.6 is 11.6 Å². The molecule has 0 saturated heterocycles. The van der Waals surface area contributed by atoms with Crippen LogP contribution in [0.4, 0.5) is 0 Å². The molecule has 0 aliphatic heterocycles. The normalized spacial score (nSPS) is 27.4. The summed E-state index contributed by atoms with van der Waals surface area (Å²) in [6.07, 6.45) is 9.36.